The number of fused-ring (bicyclic) bond motifs is 1. The van der Waals surface area contributed by atoms with Gasteiger partial charge in [0.2, 0.25) is 11.8 Å². The molecule has 2 aliphatic heterocycles. The summed E-state index contributed by atoms with van der Waals surface area (Å²) in [6, 6.07) is 8.00. The molecule has 1 atom stereocenters. The minimum Gasteiger partial charge on any atom is -0.361 e. The average Bonchev–Trinajstić information content (AvgIpc) is 3.41. The number of aromatic amines is 1. The van der Waals surface area contributed by atoms with Crippen LogP contribution in [0.15, 0.2) is 30.5 Å². The van der Waals surface area contributed by atoms with Crippen LogP contribution in [-0.4, -0.2) is 57.4 Å². The van der Waals surface area contributed by atoms with Crippen LogP contribution in [0.5, 0.6) is 0 Å². The molecule has 0 spiro atoms. The molecular weight excluding hydrogens is 346 g/mol. The second-order valence-electron chi connectivity index (χ2n) is 7.12. The van der Waals surface area contributed by atoms with E-state index in [0.29, 0.717) is 12.3 Å². The zero-order chi connectivity index (χ0) is 17.9. The van der Waals surface area contributed by atoms with E-state index in [1.54, 1.807) is 16.7 Å². The lowest BCUT2D eigenvalue weighted by molar-refractivity contribution is -0.142. The van der Waals surface area contributed by atoms with Gasteiger partial charge in [-0.2, -0.15) is 0 Å². The third kappa shape index (κ3) is 3.47. The predicted octanol–water partition coefficient (Wildman–Crippen LogP) is 3.01. The van der Waals surface area contributed by atoms with Crippen LogP contribution in [0.25, 0.3) is 10.9 Å². The second-order valence-corrected chi connectivity index (χ2v) is 8.12. The van der Waals surface area contributed by atoms with Gasteiger partial charge in [0.05, 0.1) is 5.88 Å². The Morgan fingerprint density at radius 1 is 1.19 bits per heavy atom. The molecule has 1 N–H and O–H groups in total. The number of nitrogens with zero attached hydrogens (tertiary/aromatic N) is 2. The van der Waals surface area contributed by atoms with E-state index in [2.05, 4.69) is 17.1 Å². The third-order valence-corrected chi connectivity index (χ3v) is 6.43. The SMILES string of the molecule is O=C([C@H]1CSCN1C(=O)CCCc1c[nH]c2ccccc12)N1CCCC1. The summed E-state index contributed by atoms with van der Waals surface area (Å²) in [7, 11) is 0. The van der Waals surface area contributed by atoms with Gasteiger partial charge in [0.25, 0.3) is 0 Å². The van der Waals surface area contributed by atoms with Gasteiger partial charge in [-0.3, -0.25) is 9.59 Å². The number of H-pyrrole nitrogens is 1. The molecule has 2 saturated heterocycles. The van der Waals surface area contributed by atoms with Crippen molar-refractivity contribution in [1.29, 1.82) is 0 Å². The molecule has 0 radical (unpaired) electrons. The van der Waals surface area contributed by atoms with Crippen molar-refractivity contribution in [2.24, 2.45) is 0 Å². The van der Waals surface area contributed by atoms with Gasteiger partial charge in [0.15, 0.2) is 0 Å². The number of hydrogen-bond donors (Lipinski definition) is 1. The van der Waals surface area contributed by atoms with Gasteiger partial charge in [-0.1, -0.05) is 18.2 Å². The highest BCUT2D eigenvalue weighted by Crippen LogP contribution is 2.26. The molecule has 4 rings (SSSR count). The topological polar surface area (TPSA) is 56.4 Å². The number of para-hydroxylation sites is 1. The Morgan fingerprint density at radius 2 is 2.00 bits per heavy atom. The number of aromatic nitrogens is 1. The molecule has 3 heterocycles. The Hall–Kier alpha value is -1.95. The van der Waals surface area contributed by atoms with Crippen molar-refractivity contribution < 1.29 is 9.59 Å². The largest absolute Gasteiger partial charge is 0.361 e. The number of carbonyl (C=O) groups excluding carboxylic acids is 2. The van der Waals surface area contributed by atoms with Crippen LogP contribution in [0.2, 0.25) is 0 Å². The number of amides is 2. The first-order chi connectivity index (χ1) is 12.7. The summed E-state index contributed by atoms with van der Waals surface area (Å²) in [5.41, 5.74) is 2.40. The third-order valence-electron chi connectivity index (χ3n) is 5.42. The summed E-state index contributed by atoms with van der Waals surface area (Å²) in [4.78, 5) is 32.4. The Morgan fingerprint density at radius 3 is 2.85 bits per heavy atom. The van der Waals surface area contributed by atoms with E-state index in [1.807, 2.05) is 23.2 Å². The monoisotopic (exact) mass is 371 g/mol. The van der Waals surface area contributed by atoms with Crippen molar-refractivity contribution in [1.82, 2.24) is 14.8 Å². The van der Waals surface area contributed by atoms with Crippen LogP contribution in [0.4, 0.5) is 0 Å². The van der Waals surface area contributed by atoms with Gasteiger partial charge < -0.3 is 14.8 Å². The quantitative estimate of drug-likeness (QED) is 0.879. The van der Waals surface area contributed by atoms with Crippen LogP contribution >= 0.6 is 11.8 Å². The maximum atomic E-state index is 12.7. The van der Waals surface area contributed by atoms with Gasteiger partial charge in [0.1, 0.15) is 6.04 Å². The Bertz CT molecular complexity index is 797. The zero-order valence-electron chi connectivity index (χ0n) is 14.9. The average molecular weight is 372 g/mol. The molecule has 5 nitrogen and oxygen atoms in total. The molecule has 2 aromatic rings. The minimum absolute atomic E-state index is 0.118. The summed E-state index contributed by atoms with van der Waals surface area (Å²) >= 11 is 1.69. The lowest BCUT2D eigenvalue weighted by Gasteiger charge is -2.27. The number of hydrogen-bond acceptors (Lipinski definition) is 3. The Kier molecular flexibility index (Phi) is 5.20. The molecule has 2 fully saturated rings. The molecule has 1 aromatic heterocycles. The van der Waals surface area contributed by atoms with Crippen molar-refractivity contribution in [3.8, 4) is 0 Å². The molecule has 1 aromatic carbocycles. The number of benzene rings is 1. The number of likely N-dealkylation sites (tertiary alicyclic amines) is 1. The molecule has 0 unspecified atom stereocenters. The van der Waals surface area contributed by atoms with Crippen LogP contribution in [0.3, 0.4) is 0 Å². The standard InChI is InChI=1S/C20H25N3O2S/c24-19(9-5-6-15-12-21-17-8-2-1-7-16(15)17)23-14-26-13-18(23)20(25)22-10-3-4-11-22/h1-2,7-8,12,18,21H,3-6,9-11,13-14H2/t18-/m1/s1. The second kappa shape index (κ2) is 7.74. The fourth-order valence-corrected chi connectivity index (χ4v) is 5.13. The smallest absolute Gasteiger partial charge is 0.246 e. The molecular formula is C20H25N3O2S. The van der Waals surface area contributed by atoms with Gasteiger partial charge in [-0.15, -0.1) is 11.8 Å². The van der Waals surface area contributed by atoms with Crippen molar-refractivity contribution in [2.45, 2.75) is 38.1 Å². The summed E-state index contributed by atoms with van der Waals surface area (Å²) in [5.74, 6) is 1.66. The first kappa shape index (κ1) is 17.5. The molecule has 2 aliphatic rings. The minimum atomic E-state index is -0.251. The van der Waals surface area contributed by atoms with E-state index in [0.717, 1.165) is 50.0 Å². The van der Waals surface area contributed by atoms with Crippen LogP contribution in [0.1, 0.15) is 31.2 Å². The first-order valence-electron chi connectivity index (χ1n) is 9.45. The highest BCUT2D eigenvalue weighted by atomic mass is 32.2. The van der Waals surface area contributed by atoms with Gasteiger partial charge in [0, 0.05) is 42.4 Å². The number of carbonyl (C=O) groups is 2. The summed E-state index contributed by atoms with van der Waals surface area (Å²) in [5, 5.41) is 1.23. The van der Waals surface area contributed by atoms with Gasteiger partial charge in [-0.25, -0.2) is 0 Å². The van der Waals surface area contributed by atoms with Crippen LogP contribution in [-0.2, 0) is 16.0 Å². The number of aryl methyl sites for hydroxylation is 1. The van der Waals surface area contributed by atoms with E-state index in [4.69, 9.17) is 0 Å². The lowest BCUT2D eigenvalue weighted by atomic mass is 10.1. The van der Waals surface area contributed by atoms with Crippen molar-refractivity contribution in [2.75, 3.05) is 24.7 Å². The highest BCUT2D eigenvalue weighted by molar-refractivity contribution is 7.99. The molecule has 6 heteroatoms. The zero-order valence-corrected chi connectivity index (χ0v) is 15.8. The molecule has 0 bridgehead atoms. The predicted molar refractivity (Wildman–Crippen MR) is 105 cm³/mol. The lowest BCUT2D eigenvalue weighted by Crippen LogP contribution is -2.48. The normalized spacial score (nSPS) is 20.2. The molecule has 138 valence electrons. The van der Waals surface area contributed by atoms with E-state index >= 15 is 0 Å². The Labute approximate surface area is 158 Å². The molecule has 2 amide bonds. The molecule has 0 saturated carbocycles. The van der Waals surface area contributed by atoms with E-state index in [9.17, 15) is 9.59 Å². The molecule has 0 aliphatic carbocycles. The number of thioether (sulfide) groups is 1. The van der Waals surface area contributed by atoms with Crippen molar-refractivity contribution in [3.63, 3.8) is 0 Å². The van der Waals surface area contributed by atoms with Crippen LogP contribution < -0.4 is 0 Å². The summed E-state index contributed by atoms with van der Waals surface area (Å²) < 4.78 is 0. The summed E-state index contributed by atoms with van der Waals surface area (Å²) in [6.07, 6.45) is 6.41. The van der Waals surface area contributed by atoms with Crippen molar-refractivity contribution in [3.05, 3.63) is 36.0 Å². The van der Waals surface area contributed by atoms with Crippen LogP contribution in [0, 0.1) is 0 Å². The van der Waals surface area contributed by atoms with E-state index in [-0.39, 0.29) is 17.9 Å². The van der Waals surface area contributed by atoms with Gasteiger partial charge >= 0.3 is 0 Å². The molecule has 26 heavy (non-hydrogen) atoms. The maximum absolute atomic E-state index is 12.7. The first-order valence-corrected chi connectivity index (χ1v) is 10.6. The maximum Gasteiger partial charge on any atom is 0.246 e. The fraction of sp³-hybridized carbons (Fsp3) is 0.500. The van der Waals surface area contributed by atoms with E-state index in [1.165, 1.54) is 10.9 Å². The Balaban J connectivity index is 1.33. The van der Waals surface area contributed by atoms with Gasteiger partial charge in [-0.05, 0) is 37.3 Å². The number of rotatable bonds is 5. The summed E-state index contributed by atoms with van der Waals surface area (Å²) in [6.45, 7) is 1.70. The van der Waals surface area contributed by atoms with Crippen molar-refractivity contribution >= 4 is 34.5 Å². The van der Waals surface area contributed by atoms with E-state index < -0.39 is 0 Å². The fourth-order valence-electron chi connectivity index (χ4n) is 3.95. The highest BCUT2D eigenvalue weighted by Gasteiger charge is 2.37. The number of nitrogens with one attached hydrogen (secondary N) is 1.